The fourth-order valence-electron chi connectivity index (χ4n) is 1.69. The summed E-state index contributed by atoms with van der Waals surface area (Å²) in [6.07, 6.45) is 0. The predicted octanol–water partition coefficient (Wildman–Crippen LogP) is 1.91. The highest BCUT2D eigenvalue weighted by atomic mass is 79.9. The number of ether oxygens (including phenoxy) is 1. The van der Waals surface area contributed by atoms with Crippen molar-refractivity contribution in [2.75, 3.05) is 18.6 Å². The van der Waals surface area contributed by atoms with Crippen LogP contribution in [0, 0.1) is 0 Å². The average molecular weight is 377 g/mol. The Hall–Kier alpha value is -1.21. The first kappa shape index (κ1) is 13.2. The van der Waals surface area contributed by atoms with E-state index in [-0.39, 0.29) is 12.1 Å². The van der Waals surface area contributed by atoms with Gasteiger partial charge in [-0.15, -0.1) is 0 Å². The summed E-state index contributed by atoms with van der Waals surface area (Å²) < 4.78 is 5.71. The van der Waals surface area contributed by atoms with Crippen molar-refractivity contribution in [1.29, 1.82) is 0 Å². The lowest BCUT2D eigenvalue weighted by atomic mass is 10.1. The number of methoxy groups -OCH3 is 1. The molecule has 0 fully saturated rings. The number of amides is 1. The topological polar surface area (TPSA) is 63.7 Å². The van der Waals surface area contributed by atoms with Crippen LogP contribution in [0.2, 0.25) is 0 Å². The maximum Gasteiger partial charge on any atom is 0.325 e. The molecule has 1 aliphatic heterocycles. The highest BCUT2D eigenvalue weighted by Gasteiger charge is 2.38. The summed E-state index contributed by atoms with van der Waals surface area (Å²) in [5.74, 6) is -1.94. The summed E-state index contributed by atoms with van der Waals surface area (Å²) in [4.78, 5) is 36.0. The fourth-order valence-corrected chi connectivity index (χ4v) is 3.07. The molecule has 1 amide bonds. The zero-order valence-electron chi connectivity index (χ0n) is 9.20. The lowest BCUT2D eigenvalue weighted by molar-refractivity contribution is -0.139. The van der Waals surface area contributed by atoms with Crippen LogP contribution in [0.25, 0.3) is 0 Å². The molecule has 0 saturated carbocycles. The Bertz CT molecular complexity index is 570. The Morgan fingerprint density at radius 2 is 2.00 bits per heavy atom. The van der Waals surface area contributed by atoms with Crippen molar-refractivity contribution in [2.24, 2.45) is 0 Å². The van der Waals surface area contributed by atoms with Gasteiger partial charge in [0.2, 0.25) is 0 Å². The molecule has 1 aromatic rings. The first-order chi connectivity index (χ1) is 8.45. The van der Waals surface area contributed by atoms with Crippen LogP contribution in [0.3, 0.4) is 0 Å². The summed E-state index contributed by atoms with van der Waals surface area (Å²) in [5, 5.41) is 0. The Labute approximate surface area is 119 Å². The minimum atomic E-state index is -0.728. The Morgan fingerprint density at radius 1 is 1.33 bits per heavy atom. The minimum absolute atomic E-state index is 0.270. The molecule has 7 heteroatoms. The first-order valence-corrected chi connectivity index (χ1v) is 6.46. The Kier molecular flexibility index (Phi) is 3.54. The monoisotopic (exact) mass is 375 g/mol. The molecule has 0 bridgehead atoms. The summed E-state index contributed by atoms with van der Waals surface area (Å²) in [6.45, 7) is -0.281. The van der Waals surface area contributed by atoms with Crippen LogP contribution in [-0.4, -0.2) is 31.3 Å². The summed E-state index contributed by atoms with van der Waals surface area (Å²) in [6, 6.07) is 3.29. The molecule has 1 heterocycles. The van der Waals surface area contributed by atoms with Gasteiger partial charge in [-0.2, -0.15) is 0 Å². The van der Waals surface area contributed by atoms with Gasteiger partial charge in [0.15, 0.2) is 0 Å². The van der Waals surface area contributed by atoms with E-state index in [0.717, 1.165) is 4.90 Å². The van der Waals surface area contributed by atoms with Gasteiger partial charge in [-0.1, -0.05) is 15.9 Å². The van der Waals surface area contributed by atoms with Crippen molar-refractivity contribution in [3.05, 3.63) is 26.6 Å². The molecule has 5 nitrogen and oxygen atoms in total. The third kappa shape index (κ3) is 2.08. The molecular weight excluding hydrogens is 370 g/mol. The van der Waals surface area contributed by atoms with E-state index in [4.69, 9.17) is 0 Å². The van der Waals surface area contributed by atoms with E-state index in [1.54, 1.807) is 12.1 Å². The Morgan fingerprint density at radius 3 is 2.61 bits per heavy atom. The normalized spacial score (nSPS) is 13.8. The van der Waals surface area contributed by atoms with Crippen molar-refractivity contribution in [2.45, 2.75) is 0 Å². The molecule has 2 rings (SSSR count). The molecule has 0 atom stereocenters. The minimum Gasteiger partial charge on any atom is -0.468 e. The number of fused-ring (bicyclic) bond motifs is 1. The van der Waals surface area contributed by atoms with Crippen molar-refractivity contribution >= 4 is 55.2 Å². The van der Waals surface area contributed by atoms with Crippen molar-refractivity contribution in [3.8, 4) is 0 Å². The summed E-state index contributed by atoms with van der Waals surface area (Å²) >= 11 is 6.50. The average Bonchev–Trinajstić information content (AvgIpc) is 2.54. The number of nitrogens with zero attached hydrogens (tertiary/aromatic N) is 1. The zero-order valence-corrected chi connectivity index (χ0v) is 12.4. The van der Waals surface area contributed by atoms with Gasteiger partial charge >= 0.3 is 5.97 Å². The molecule has 1 aromatic carbocycles. The van der Waals surface area contributed by atoms with E-state index >= 15 is 0 Å². The van der Waals surface area contributed by atoms with Gasteiger partial charge in [-0.05, 0) is 28.1 Å². The van der Waals surface area contributed by atoms with E-state index in [1.165, 1.54) is 7.11 Å². The van der Waals surface area contributed by atoms with Crippen LogP contribution < -0.4 is 4.90 Å². The van der Waals surface area contributed by atoms with Gasteiger partial charge in [-0.25, -0.2) is 0 Å². The van der Waals surface area contributed by atoms with Gasteiger partial charge in [0.1, 0.15) is 6.54 Å². The van der Waals surface area contributed by atoms with Crippen LogP contribution in [0.5, 0.6) is 0 Å². The number of ketones is 1. The third-order valence-corrected chi connectivity index (χ3v) is 3.59. The number of Topliss-reactive ketones (excluding diaryl/α,β-unsaturated/α-hetero) is 1. The van der Waals surface area contributed by atoms with Gasteiger partial charge in [0.25, 0.3) is 11.7 Å². The van der Waals surface area contributed by atoms with Crippen LogP contribution in [0.15, 0.2) is 21.1 Å². The van der Waals surface area contributed by atoms with Gasteiger partial charge in [0.05, 0.1) is 18.4 Å². The molecule has 0 N–H and O–H groups in total. The number of esters is 1. The number of hydrogen-bond donors (Lipinski definition) is 0. The van der Waals surface area contributed by atoms with Gasteiger partial charge in [0, 0.05) is 8.95 Å². The molecule has 18 heavy (non-hydrogen) atoms. The molecule has 0 aliphatic carbocycles. The largest absolute Gasteiger partial charge is 0.468 e. The number of hydrogen-bond acceptors (Lipinski definition) is 4. The smallest absolute Gasteiger partial charge is 0.325 e. The van der Waals surface area contributed by atoms with E-state index in [9.17, 15) is 14.4 Å². The molecular formula is C11H7Br2NO4. The standard InChI is InChI=1S/C11H7Br2NO4/c1-18-8(15)4-14-7-3-5(12)2-6(13)9(7)10(16)11(14)17/h2-3H,4H2,1H3. The highest BCUT2D eigenvalue weighted by molar-refractivity contribution is 9.11. The number of benzene rings is 1. The second-order valence-corrected chi connectivity index (χ2v) is 5.35. The lowest BCUT2D eigenvalue weighted by Gasteiger charge is -2.15. The summed E-state index contributed by atoms with van der Waals surface area (Å²) in [7, 11) is 1.22. The van der Waals surface area contributed by atoms with E-state index in [2.05, 4.69) is 36.6 Å². The molecule has 0 radical (unpaired) electrons. The molecule has 0 unspecified atom stereocenters. The molecule has 0 spiro atoms. The van der Waals surface area contributed by atoms with E-state index in [1.807, 2.05) is 0 Å². The van der Waals surface area contributed by atoms with E-state index in [0.29, 0.717) is 14.6 Å². The number of carbonyl (C=O) groups excluding carboxylic acids is 3. The number of halogens is 2. The van der Waals surface area contributed by atoms with Crippen molar-refractivity contribution in [3.63, 3.8) is 0 Å². The molecule has 0 saturated heterocycles. The van der Waals surface area contributed by atoms with Gasteiger partial charge in [-0.3, -0.25) is 19.3 Å². The van der Waals surface area contributed by atoms with E-state index < -0.39 is 17.7 Å². The zero-order chi connectivity index (χ0) is 13.4. The SMILES string of the molecule is COC(=O)CN1C(=O)C(=O)c2c(Br)cc(Br)cc21. The highest BCUT2D eigenvalue weighted by Crippen LogP contribution is 2.37. The molecule has 0 aromatic heterocycles. The number of carbonyl (C=O) groups is 3. The van der Waals surface area contributed by atoms with Crippen molar-refractivity contribution in [1.82, 2.24) is 0 Å². The van der Waals surface area contributed by atoms with Crippen molar-refractivity contribution < 1.29 is 19.1 Å². The first-order valence-electron chi connectivity index (χ1n) is 4.87. The maximum absolute atomic E-state index is 11.8. The van der Waals surface area contributed by atoms with Crippen LogP contribution in [0.1, 0.15) is 10.4 Å². The second-order valence-electron chi connectivity index (χ2n) is 3.58. The molecule has 1 aliphatic rings. The maximum atomic E-state index is 11.8. The van der Waals surface area contributed by atoms with Gasteiger partial charge < -0.3 is 4.74 Å². The van der Waals surface area contributed by atoms with Crippen LogP contribution >= 0.6 is 31.9 Å². The Balaban J connectivity index is 2.51. The summed E-state index contributed by atoms with van der Waals surface area (Å²) in [5.41, 5.74) is 0.670. The van der Waals surface area contributed by atoms with Crippen LogP contribution in [-0.2, 0) is 14.3 Å². The lowest BCUT2D eigenvalue weighted by Crippen LogP contribution is -2.35. The molecule has 94 valence electrons. The number of anilines is 1. The predicted molar refractivity (Wildman–Crippen MR) is 70.5 cm³/mol. The van der Waals surface area contributed by atoms with Crippen LogP contribution in [0.4, 0.5) is 5.69 Å². The quantitative estimate of drug-likeness (QED) is 0.584. The second kappa shape index (κ2) is 4.81. The third-order valence-electron chi connectivity index (χ3n) is 2.51. The number of rotatable bonds is 2. The fraction of sp³-hybridized carbons (Fsp3) is 0.182.